The number of hydrogen-bond acceptors (Lipinski definition) is 4. The zero-order valence-corrected chi connectivity index (χ0v) is 22.9. The summed E-state index contributed by atoms with van der Waals surface area (Å²) in [4.78, 5) is 42.3. The van der Waals surface area contributed by atoms with E-state index in [0.717, 1.165) is 43.2 Å². The second kappa shape index (κ2) is 13.5. The molecule has 1 aromatic carbocycles. The molecule has 7 nitrogen and oxygen atoms in total. The minimum absolute atomic E-state index is 0.0706. The monoisotopic (exact) mass is 499 g/mol. The SMILES string of the molecule is C=Cc1cccc(C(C(=O)NCCCC)N(C(=O)C(NC(=O)OC(C)(C)C)C(C)CC)C2CCC2)c1. The van der Waals surface area contributed by atoms with E-state index in [9.17, 15) is 14.4 Å². The fourth-order valence-electron chi connectivity index (χ4n) is 4.24. The lowest BCUT2D eigenvalue weighted by atomic mass is 9.86. The number of carbonyl (C=O) groups excluding carboxylic acids is 3. The van der Waals surface area contributed by atoms with Gasteiger partial charge in [-0.1, -0.05) is 64.5 Å². The second-order valence-corrected chi connectivity index (χ2v) is 10.8. The standard InChI is InChI=1S/C29H45N3O4/c1-8-11-18-30-26(33)25(22-15-12-14-21(10-3)19-22)32(23-16-13-17-23)27(34)24(20(4)9-2)31-28(35)36-29(5,6)7/h10,12,14-15,19-20,23-25H,3,8-9,11,13,16-18H2,1-2,4-7H3,(H,30,33)(H,31,35). The molecule has 1 aromatic rings. The highest BCUT2D eigenvalue weighted by atomic mass is 16.6. The molecule has 0 aromatic heterocycles. The lowest BCUT2D eigenvalue weighted by Gasteiger charge is -2.44. The Balaban J connectivity index is 2.50. The van der Waals surface area contributed by atoms with Gasteiger partial charge in [-0.05, 0) is 69.6 Å². The summed E-state index contributed by atoms with van der Waals surface area (Å²) in [6, 6.07) is 5.92. The van der Waals surface area contributed by atoms with Crippen molar-refractivity contribution in [2.75, 3.05) is 6.54 Å². The van der Waals surface area contributed by atoms with E-state index in [2.05, 4.69) is 24.1 Å². The Labute approximate surface area is 217 Å². The van der Waals surface area contributed by atoms with Crippen molar-refractivity contribution in [3.63, 3.8) is 0 Å². The molecule has 0 heterocycles. The van der Waals surface area contributed by atoms with Crippen molar-refractivity contribution in [3.8, 4) is 0 Å². The summed E-state index contributed by atoms with van der Waals surface area (Å²) < 4.78 is 5.47. The minimum Gasteiger partial charge on any atom is -0.444 e. The Morgan fingerprint density at radius 2 is 1.92 bits per heavy atom. The number of ether oxygens (including phenoxy) is 1. The molecule has 1 aliphatic rings. The summed E-state index contributed by atoms with van der Waals surface area (Å²) in [5, 5.41) is 5.87. The summed E-state index contributed by atoms with van der Waals surface area (Å²) in [6.45, 7) is 15.8. The highest BCUT2D eigenvalue weighted by molar-refractivity contribution is 5.92. The molecule has 0 bridgehead atoms. The van der Waals surface area contributed by atoms with Crippen molar-refractivity contribution in [2.45, 2.75) is 104 Å². The van der Waals surface area contributed by atoms with Gasteiger partial charge >= 0.3 is 6.09 Å². The molecule has 0 spiro atoms. The summed E-state index contributed by atoms with van der Waals surface area (Å²) in [6.07, 6.45) is 6.25. The molecule has 200 valence electrons. The van der Waals surface area contributed by atoms with E-state index in [1.165, 1.54) is 0 Å². The Morgan fingerprint density at radius 3 is 2.44 bits per heavy atom. The topological polar surface area (TPSA) is 87.7 Å². The lowest BCUT2D eigenvalue weighted by molar-refractivity contribution is -0.148. The van der Waals surface area contributed by atoms with Crippen LogP contribution in [0.5, 0.6) is 0 Å². The van der Waals surface area contributed by atoms with Crippen molar-refractivity contribution >= 4 is 24.0 Å². The Bertz CT molecular complexity index is 904. The van der Waals surface area contributed by atoms with Crippen LogP contribution in [-0.2, 0) is 14.3 Å². The predicted molar refractivity (Wildman–Crippen MR) is 144 cm³/mol. The Kier molecular flexibility index (Phi) is 11.0. The predicted octanol–water partition coefficient (Wildman–Crippen LogP) is 5.61. The molecule has 0 aliphatic heterocycles. The van der Waals surface area contributed by atoms with Gasteiger partial charge in [0.25, 0.3) is 0 Å². The minimum atomic E-state index is -0.807. The molecular formula is C29H45N3O4. The molecule has 3 atom stereocenters. The Morgan fingerprint density at radius 1 is 1.22 bits per heavy atom. The Hall–Kier alpha value is -2.83. The first-order chi connectivity index (χ1) is 17.0. The number of alkyl carbamates (subject to hydrolysis) is 1. The number of carbonyl (C=O) groups is 3. The van der Waals surface area contributed by atoms with Crippen molar-refractivity contribution < 1.29 is 19.1 Å². The molecule has 36 heavy (non-hydrogen) atoms. The number of rotatable bonds is 12. The molecule has 1 saturated carbocycles. The van der Waals surface area contributed by atoms with E-state index in [4.69, 9.17) is 4.74 Å². The first kappa shape index (κ1) is 29.4. The van der Waals surface area contributed by atoms with Gasteiger partial charge in [0, 0.05) is 12.6 Å². The molecule has 7 heteroatoms. The number of benzene rings is 1. The number of unbranched alkanes of at least 4 members (excludes halogenated alkanes) is 1. The van der Waals surface area contributed by atoms with Crippen LogP contribution < -0.4 is 10.6 Å². The van der Waals surface area contributed by atoms with E-state index in [1.54, 1.807) is 31.7 Å². The van der Waals surface area contributed by atoms with Crippen molar-refractivity contribution in [3.05, 3.63) is 42.0 Å². The van der Waals surface area contributed by atoms with E-state index in [1.807, 2.05) is 38.1 Å². The van der Waals surface area contributed by atoms with Crippen LogP contribution in [0.4, 0.5) is 4.79 Å². The second-order valence-electron chi connectivity index (χ2n) is 10.8. The van der Waals surface area contributed by atoms with Gasteiger partial charge in [-0.25, -0.2) is 4.79 Å². The van der Waals surface area contributed by atoms with Crippen LogP contribution in [-0.4, -0.2) is 47.0 Å². The zero-order valence-electron chi connectivity index (χ0n) is 22.9. The van der Waals surface area contributed by atoms with Crippen LogP contribution >= 0.6 is 0 Å². The smallest absolute Gasteiger partial charge is 0.408 e. The van der Waals surface area contributed by atoms with Gasteiger partial charge < -0.3 is 20.3 Å². The van der Waals surface area contributed by atoms with Gasteiger partial charge in [0.05, 0.1) is 0 Å². The summed E-state index contributed by atoms with van der Waals surface area (Å²) in [7, 11) is 0. The third-order valence-electron chi connectivity index (χ3n) is 6.69. The summed E-state index contributed by atoms with van der Waals surface area (Å²) in [5.41, 5.74) is 0.931. The maximum absolute atomic E-state index is 14.2. The highest BCUT2D eigenvalue weighted by Crippen LogP contribution is 2.35. The van der Waals surface area contributed by atoms with E-state index >= 15 is 0 Å². The molecule has 2 rings (SSSR count). The first-order valence-corrected chi connectivity index (χ1v) is 13.3. The highest BCUT2D eigenvalue weighted by Gasteiger charge is 2.43. The fraction of sp³-hybridized carbons (Fsp3) is 0.621. The maximum Gasteiger partial charge on any atom is 0.408 e. The van der Waals surface area contributed by atoms with Gasteiger partial charge in [-0.3, -0.25) is 9.59 Å². The molecule has 0 saturated heterocycles. The number of amides is 3. The number of hydrogen-bond donors (Lipinski definition) is 2. The van der Waals surface area contributed by atoms with Crippen LogP contribution in [0.3, 0.4) is 0 Å². The molecule has 1 aliphatic carbocycles. The van der Waals surface area contributed by atoms with Crippen LogP contribution in [0.1, 0.15) is 97.2 Å². The third-order valence-corrected chi connectivity index (χ3v) is 6.69. The molecule has 2 N–H and O–H groups in total. The van der Waals surface area contributed by atoms with E-state index in [-0.39, 0.29) is 23.8 Å². The molecule has 3 unspecified atom stereocenters. The summed E-state index contributed by atoms with van der Waals surface area (Å²) >= 11 is 0. The number of nitrogens with one attached hydrogen (secondary N) is 2. The van der Waals surface area contributed by atoms with Gasteiger partial charge in [0.15, 0.2) is 0 Å². The third kappa shape index (κ3) is 8.10. The van der Waals surface area contributed by atoms with Gasteiger partial charge in [-0.15, -0.1) is 0 Å². The fourth-order valence-corrected chi connectivity index (χ4v) is 4.24. The molecule has 0 radical (unpaired) electrons. The average Bonchev–Trinajstić information content (AvgIpc) is 2.79. The van der Waals surface area contributed by atoms with Gasteiger partial charge in [-0.2, -0.15) is 0 Å². The van der Waals surface area contributed by atoms with Crippen LogP contribution in [0.2, 0.25) is 0 Å². The van der Waals surface area contributed by atoms with Crippen molar-refractivity contribution in [2.24, 2.45) is 5.92 Å². The maximum atomic E-state index is 14.2. The first-order valence-electron chi connectivity index (χ1n) is 13.3. The molecular weight excluding hydrogens is 454 g/mol. The van der Waals surface area contributed by atoms with E-state index in [0.29, 0.717) is 13.0 Å². The molecule has 1 fully saturated rings. The van der Waals surface area contributed by atoms with E-state index < -0.39 is 23.8 Å². The van der Waals surface area contributed by atoms with Crippen molar-refractivity contribution in [1.82, 2.24) is 15.5 Å². The van der Waals surface area contributed by atoms with Crippen molar-refractivity contribution in [1.29, 1.82) is 0 Å². The van der Waals surface area contributed by atoms with Crippen LogP contribution in [0.25, 0.3) is 6.08 Å². The molecule has 3 amide bonds. The average molecular weight is 500 g/mol. The zero-order chi connectivity index (χ0) is 26.9. The van der Waals surface area contributed by atoms with Crippen LogP contribution in [0.15, 0.2) is 30.8 Å². The van der Waals surface area contributed by atoms with Gasteiger partial charge in [0.2, 0.25) is 11.8 Å². The quantitative estimate of drug-likeness (QED) is 0.366. The summed E-state index contributed by atoms with van der Waals surface area (Å²) in [5.74, 6) is -0.597. The lowest BCUT2D eigenvalue weighted by Crippen LogP contribution is -2.59. The van der Waals surface area contributed by atoms with Crippen LogP contribution in [0, 0.1) is 5.92 Å². The number of nitrogens with zero attached hydrogens (tertiary/aromatic N) is 1. The normalized spacial score (nSPS) is 16.2. The van der Waals surface area contributed by atoms with Gasteiger partial charge in [0.1, 0.15) is 17.7 Å². The largest absolute Gasteiger partial charge is 0.444 e.